The highest BCUT2D eigenvalue weighted by Crippen LogP contribution is 2.33. The molecule has 0 atom stereocenters. The van der Waals surface area contributed by atoms with Gasteiger partial charge in [-0.1, -0.05) is 6.92 Å². The predicted molar refractivity (Wildman–Crippen MR) is 71.5 cm³/mol. The molecule has 0 amide bonds. The van der Waals surface area contributed by atoms with Gasteiger partial charge < -0.3 is 5.73 Å². The molecule has 0 aliphatic heterocycles. The van der Waals surface area contributed by atoms with E-state index in [1.807, 2.05) is 6.92 Å². The van der Waals surface area contributed by atoms with E-state index in [9.17, 15) is 17.2 Å². The summed E-state index contributed by atoms with van der Waals surface area (Å²) in [6.45, 7) is 1.82. The van der Waals surface area contributed by atoms with Crippen molar-refractivity contribution >= 4 is 10.0 Å². The Labute approximate surface area is 117 Å². The molecule has 0 bridgehead atoms. The molecule has 1 aromatic carbocycles. The number of halogens is 2. The molecule has 7 heteroatoms. The van der Waals surface area contributed by atoms with Crippen molar-refractivity contribution in [2.45, 2.75) is 43.7 Å². The molecule has 20 heavy (non-hydrogen) atoms. The lowest BCUT2D eigenvalue weighted by atomic mass is 10.2. The molecule has 1 aromatic rings. The van der Waals surface area contributed by atoms with Crippen LogP contribution >= 0.6 is 0 Å². The normalized spacial score (nSPS) is 15.8. The zero-order chi connectivity index (χ0) is 14.9. The lowest BCUT2D eigenvalue weighted by Gasteiger charge is -2.22. The Morgan fingerprint density at radius 1 is 1.35 bits per heavy atom. The maximum Gasteiger partial charge on any atom is 0.246 e. The highest BCUT2D eigenvalue weighted by Gasteiger charge is 2.39. The second-order valence-electron chi connectivity index (χ2n) is 4.89. The van der Waals surface area contributed by atoms with Crippen molar-refractivity contribution in [2.24, 2.45) is 5.73 Å². The first-order valence-corrected chi connectivity index (χ1v) is 8.06. The summed E-state index contributed by atoms with van der Waals surface area (Å²) in [6.07, 6.45) is 2.21. The van der Waals surface area contributed by atoms with Gasteiger partial charge in [0.1, 0.15) is 10.7 Å². The van der Waals surface area contributed by atoms with E-state index in [0.717, 1.165) is 25.0 Å². The van der Waals surface area contributed by atoms with Crippen LogP contribution in [0.5, 0.6) is 0 Å². The van der Waals surface area contributed by atoms with Crippen LogP contribution in [0.4, 0.5) is 8.78 Å². The average Bonchev–Trinajstić information content (AvgIpc) is 3.20. The van der Waals surface area contributed by atoms with E-state index in [2.05, 4.69) is 0 Å². The molecule has 0 unspecified atom stereocenters. The fourth-order valence-corrected chi connectivity index (χ4v) is 4.04. The Hall–Kier alpha value is -1.05. The zero-order valence-electron chi connectivity index (χ0n) is 11.3. The monoisotopic (exact) mass is 304 g/mol. The molecule has 1 aliphatic carbocycles. The number of rotatable bonds is 6. The van der Waals surface area contributed by atoms with Crippen molar-refractivity contribution in [1.82, 2.24) is 4.31 Å². The second-order valence-corrected chi connectivity index (χ2v) is 6.75. The number of hydrogen-bond donors (Lipinski definition) is 1. The molecule has 4 nitrogen and oxygen atoms in total. The van der Waals surface area contributed by atoms with Gasteiger partial charge in [-0.2, -0.15) is 4.31 Å². The van der Waals surface area contributed by atoms with Crippen molar-refractivity contribution in [3.8, 4) is 0 Å². The predicted octanol–water partition coefficient (Wildman–Crippen LogP) is 1.99. The molecule has 2 N–H and O–H groups in total. The number of nitrogens with zero attached hydrogens (tertiary/aromatic N) is 1. The van der Waals surface area contributed by atoms with Gasteiger partial charge in [-0.15, -0.1) is 0 Å². The van der Waals surface area contributed by atoms with Crippen LogP contribution in [0.3, 0.4) is 0 Å². The number of hydrogen-bond acceptors (Lipinski definition) is 3. The highest BCUT2D eigenvalue weighted by atomic mass is 32.2. The van der Waals surface area contributed by atoms with Crippen LogP contribution in [0.15, 0.2) is 17.0 Å². The fourth-order valence-electron chi connectivity index (χ4n) is 2.17. The standard InChI is InChI=1S/C13H18F2N2O2S/c1-2-7-17(9-3-4-9)20(18,19)12-6-5-11(14)10(8-16)13(12)15/h5-6,9H,2-4,7-8,16H2,1H3. The first kappa shape index (κ1) is 15.3. The maximum absolute atomic E-state index is 14.2. The summed E-state index contributed by atoms with van der Waals surface area (Å²) < 4.78 is 54.0. The lowest BCUT2D eigenvalue weighted by Crippen LogP contribution is -2.34. The van der Waals surface area contributed by atoms with Crippen LogP contribution < -0.4 is 5.73 Å². The van der Waals surface area contributed by atoms with Gasteiger partial charge in [-0.3, -0.25) is 0 Å². The topological polar surface area (TPSA) is 63.4 Å². The lowest BCUT2D eigenvalue weighted by molar-refractivity contribution is 0.399. The van der Waals surface area contributed by atoms with Crippen molar-refractivity contribution in [3.63, 3.8) is 0 Å². The molecule has 1 fully saturated rings. The minimum atomic E-state index is -3.94. The quantitative estimate of drug-likeness (QED) is 0.874. The second kappa shape index (κ2) is 5.75. The SMILES string of the molecule is CCCN(C1CC1)S(=O)(=O)c1ccc(F)c(CN)c1F. The number of benzene rings is 1. The van der Waals surface area contributed by atoms with E-state index in [4.69, 9.17) is 5.73 Å². The van der Waals surface area contributed by atoms with Crippen LogP contribution in [0.2, 0.25) is 0 Å². The van der Waals surface area contributed by atoms with Crippen molar-refractivity contribution in [2.75, 3.05) is 6.54 Å². The largest absolute Gasteiger partial charge is 0.326 e. The summed E-state index contributed by atoms with van der Waals surface area (Å²) in [4.78, 5) is -0.486. The Morgan fingerprint density at radius 3 is 2.50 bits per heavy atom. The van der Waals surface area contributed by atoms with E-state index in [1.54, 1.807) is 0 Å². The van der Waals surface area contributed by atoms with Gasteiger partial charge in [0.25, 0.3) is 0 Å². The maximum atomic E-state index is 14.2. The summed E-state index contributed by atoms with van der Waals surface area (Å²) in [6, 6.07) is 1.87. The van der Waals surface area contributed by atoms with Crippen LogP contribution in [0.25, 0.3) is 0 Å². The molecule has 0 aromatic heterocycles. The first-order valence-electron chi connectivity index (χ1n) is 6.62. The molecule has 112 valence electrons. The third-order valence-electron chi connectivity index (χ3n) is 3.34. The van der Waals surface area contributed by atoms with Crippen molar-refractivity contribution in [3.05, 3.63) is 29.3 Å². The van der Waals surface area contributed by atoms with Gasteiger partial charge in [-0.25, -0.2) is 17.2 Å². The summed E-state index contributed by atoms with van der Waals surface area (Å²) in [7, 11) is -3.94. The van der Waals surface area contributed by atoms with Gasteiger partial charge in [0.05, 0.1) is 0 Å². The molecule has 1 aliphatic rings. The van der Waals surface area contributed by atoms with Crippen LogP contribution in [-0.2, 0) is 16.6 Å². The molecule has 0 saturated heterocycles. The van der Waals surface area contributed by atoms with Gasteiger partial charge in [0.15, 0.2) is 5.82 Å². The zero-order valence-corrected chi connectivity index (χ0v) is 12.1. The highest BCUT2D eigenvalue weighted by molar-refractivity contribution is 7.89. The summed E-state index contributed by atoms with van der Waals surface area (Å²) >= 11 is 0. The molecular weight excluding hydrogens is 286 g/mol. The molecule has 1 saturated carbocycles. The number of nitrogens with two attached hydrogens (primary N) is 1. The minimum absolute atomic E-state index is 0.0641. The minimum Gasteiger partial charge on any atom is -0.326 e. The van der Waals surface area contributed by atoms with Gasteiger partial charge in [0, 0.05) is 24.7 Å². The van der Waals surface area contributed by atoms with E-state index in [0.29, 0.717) is 13.0 Å². The van der Waals surface area contributed by atoms with E-state index in [1.165, 1.54) is 4.31 Å². The summed E-state index contributed by atoms with van der Waals surface area (Å²) in [5, 5.41) is 0. The summed E-state index contributed by atoms with van der Waals surface area (Å²) in [5.41, 5.74) is 4.89. The summed E-state index contributed by atoms with van der Waals surface area (Å²) in [5.74, 6) is -1.90. The Kier molecular flexibility index (Phi) is 4.41. The molecule has 0 spiro atoms. The van der Waals surface area contributed by atoms with E-state index in [-0.39, 0.29) is 12.6 Å². The van der Waals surface area contributed by atoms with Crippen LogP contribution in [0, 0.1) is 11.6 Å². The van der Waals surface area contributed by atoms with Crippen molar-refractivity contribution < 1.29 is 17.2 Å². The molecular formula is C13H18F2N2O2S. The Balaban J connectivity index is 2.48. The third-order valence-corrected chi connectivity index (χ3v) is 5.31. The van der Waals surface area contributed by atoms with Crippen LogP contribution in [-0.4, -0.2) is 25.3 Å². The van der Waals surface area contributed by atoms with Crippen molar-refractivity contribution in [1.29, 1.82) is 0 Å². The van der Waals surface area contributed by atoms with E-state index >= 15 is 0 Å². The average molecular weight is 304 g/mol. The van der Waals surface area contributed by atoms with E-state index < -0.39 is 32.1 Å². The molecule has 0 heterocycles. The van der Waals surface area contributed by atoms with Gasteiger partial charge in [-0.05, 0) is 31.4 Å². The Morgan fingerprint density at radius 2 is 2.00 bits per heavy atom. The van der Waals surface area contributed by atoms with Crippen LogP contribution in [0.1, 0.15) is 31.7 Å². The third kappa shape index (κ3) is 2.70. The first-order chi connectivity index (χ1) is 9.43. The molecule has 0 radical (unpaired) electrons. The number of sulfonamides is 1. The van der Waals surface area contributed by atoms with Gasteiger partial charge in [0.2, 0.25) is 10.0 Å². The Bertz CT molecular complexity index is 601. The smallest absolute Gasteiger partial charge is 0.246 e. The van der Waals surface area contributed by atoms with Gasteiger partial charge >= 0.3 is 0 Å². The molecule has 2 rings (SSSR count). The fraction of sp³-hybridized carbons (Fsp3) is 0.538.